The Morgan fingerprint density at radius 1 is 0.900 bits per heavy atom. The van der Waals surface area contributed by atoms with Crippen molar-refractivity contribution in [1.29, 1.82) is 0 Å². The van der Waals surface area contributed by atoms with Gasteiger partial charge in [-0.1, -0.05) is 6.07 Å². The van der Waals surface area contributed by atoms with Crippen LogP contribution in [0.4, 0.5) is 0 Å². The Morgan fingerprint density at radius 3 is 2.20 bits per heavy atom. The normalized spacial score (nSPS) is 10.2. The lowest BCUT2D eigenvalue weighted by atomic mass is 10.0. The van der Waals surface area contributed by atoms with E-state index in [0.717, 1.165) is 28.7 Å². The maximum Gasteiger partial charge on any atom is 0.150 e. The molecule has 0 radical (unpaired) electrons. The van der Waals surface area contributed by atoms with E-state index in [0.29, 0.717) is 5.56 Å². The summed E-state index contributed by atoms with van der Waals surface area (Å²) in [6, 6.07) is 9.26. The Labute approximate surface area is 116 Å². The van der Waals surface area contributed by atoms with E-state index in [1.807, 2.05) is 24.3 Å². The summed E-state index contributed by atoms with van der Waals surface area (Å²) in [5, 5.41) is 0. The minimum Gasteiger partial charge on any atom is -0.298 e. The van der Waals surface area contributed by atoms with Gasteiger partial charge in [-0.25, -0.2) is 0 Å². The maximum absolute atomic E-state index is 11.3. The van der Waals surface area contributed by atoms with Crippen LogP contribution in [0.25, 0.3) is 22.4 Å². The topological polar surface area (TPSA) is 55.7 Å². The third-order valence-electron chi connectivity index (χ3n) is 2.99. The lowest BCUT2D eigenvalue weighted by Crippen LogP contribution is -1.93. The number of carbonyl (C=O) groups excluding carboxylic acids is 1. The average Bonchev–Trinajstić information content (AvgIpc) is 2.56. The lowest BCUT2D eigenvalue weighted by Gasteiger charge is -2.07. The smallest absolute Gasteiger partial charge is 0.150 e. The number of carbonyl (C=O) groups is 1. The third-order valence-corrected chi connectivity index (χ3v) is 2.99. The van der Waals surface area contributed by atoms with Crippen LogP contribution in [0.5, 0.6) is 0 Å². The van der Waals surface area contributed by atoms with Gasteiger partial charge in [-0.05, 0) is 24.3 Å². The highest BCUT2D eigenvalue weighted by Gasteiger charge is 2.08. The molecule has 4 heteroatoms. The average molecular weight is 261 g/mol. The standard InChI is InChI=1S/C16H11N3O/c20-11-14-7-16(13-4-2-6-18-9-13)19-10-15(14)12-3-1-5-17-8-12/h1-11H. The predicted molar refractivity (Wildman–Crippen MR) is 76.1 cm³/mol. The highest BCUT2D eigenvalue weighted by molar-refractivity contribution is 5.88. The first-order chi connectivity index (χ1) is 9.88. The Morgan fingerprint density at radius 2 is 1.60 bits per heavy atom. The Kier molecular flexibility index (Phi) is 3.29. The van der Waals surface area contributed by atoms with E-state index in [1.54, 1.807) is 37.1 Å². The van der Waals surface area contributed by atoms with Crippen molar-refractivity contribution >= 4 is 6.29 Å². The van der Waals surface area contributed by atoms with Crippen LogP contribution in [-0.2, 0) is 0 Å². The SMILES string of the molecule is O=Cc1cc(-c2cccnc2)ncc1-c1cccnc1. The predicted octanol–water partition coefficient (Wildman–Crippen LogP) is 3.02. The van der Waals surface area contributed by atoms with Crippen LogP contribution in [0.1, 0.15) is 10.4 Å². The second-order valence-corrected chi connectivity index (χ2v) is 4.26. The zero-order valence-corrected chi connectivity index (χ0v) is 10.6. The van der Waals surface area contributed by atoms with Crippen LogP contribution in [0.15, 0.2) is 61.3 Å². The van der Waals surface area contributed by atoms with Gasteiger partial charge in [0.15, 0.2) is 6.29 Å². The molecule has 20 heavy (non-hydrogen) atoms. The zero-order valence-electron chi connectivity index (χ0n) is 10.6. The van der Waals surface area contributed by atoms with Gasteiger partial charge in [0, 0.05) is 53.2 Å². The first-order valence-electron chi connectivity index (χ1n) is 6.14. The van der Waals surface area contributed by atoms with Crippen LogP contribution in [0.3, 0.4) is 0 Å². The molecule has 3 aromatic rings. The van der Waals surface area contributed by atoms with E-state index in [2.05, 4.69) is 15.0 Å². The highest BCUT2D eigenvalue weighted by atomic mass is 16.1. The van der Waals surface area contributed by atoms with E-state index in [-0.39, 0.29) is 0 Å². The summed E-state index contributed by atoms with van der Waals surface area (Å²) in [5.74, 6) is 0. The van der Waals surface area contributed by atoms with E-state index < -0.39 is 0 Å². The number of hydrogen-bond acceptors (Lipinski definition) is 4. The monoisotopic (exact) mass is 261 g/mol. The third kappa shape index (κ3) is 2.31. The molecule has 4 nitrogen and oxygen atoms in total. The van der Waals surface area contributed by atoms with Crippen molar-refractivity contribution in [2.75, 3.05) is 0 Å². The van der Waals surface area contributed by atoms with Crippen LogP contribution in [0, 0.1) is 0 Å². The van der Waals surface area contributed by atoms with Gasteiger partial charge in [0.2, 0.25) is 0 Å². The van der Waals surface area contributed by atoms with Crippen LogP contribution >= 0.6 is 0 Å². The number of nitrogens with zero attached hydrogens (tertiary/aromatic N) is 3. The van der Waals surface area contributed by atoms with Gasteiger partial charge in [-0.15, -0.1) is 0 Å². The molecule has 0 aromatic carbocycles. The summed E-state index contributed by atoms with van der Waals surface area (Å²) in [6.07, 6.45) is 9.37. The molecule has 0 unspecified atom stereocenters. The lowest BCUT2D eigenvalue weighted by molar-refractivity contribution is 0.112. The van der Waals surface area contributed by atoms with Gasteiger partial charge in [0.05, 0.1) is 5.69 Å². The van der Waals surface area contributed by atoms with Crippen molar-refractivity contribution in [3.05, 3.63) is 66.9 Å². The molecule has 0 amide bonds. The quantitative estimate of drug-likeness (QED) is 0.680. The molecule has 0 saturated carbocycles. The molecule has 0 aliphatic heterocycles. The summed E-state index contributed by atoms with van der Waals surface area (Å²) in [7, 11) is 0. The number of aldehydes is 1. The van der Waals surface area contributed by atoms with E-state index in [9.17, 15) is 4.79 Å². The van der Waals surface area contributed by atoms with Crippen LogP contribution < -0.4 is 0 Å². The molecular formula is C16H11N3O. The second kappa shape index (κ2) is 5.40. The van der Waals surface area contributed by atoms with Crippen molar-refractivity contribution in [3.8, 4) is 22.4 Å². The molecule has 0 aliphatic carbocycles. The Bertz CT molecular complexity index is 727. The fourth-order valence-corrected chi connectivity index (χ4v) is 2.00. The van der Waals surface area contributed by atoms with Crippen LogP contribution in [-0.4, -0.2) is 21.2 Å². The number of aromatic nitrogens is 3. The molecular weight excluding hydrogens is 250 g/mol. The second-order valence-electron chi connectivity index (χ2n) is 4.26. The van der Waals surface area contributed by atoms with Gasteiger partial charge in [-0.2, -0.15) is 0 Å². The number of hydrogen-bond donors (Lipinski definition) is 0. The molecule has 0 bridgehead atoms. The molecule has 0 N–H and O–H groups in total. The Balaban J connectivity index is 2.10. The first-order valence-corrected chi connectivity index (χ1v) is 6.14. The molecule has 96 valence electrons. The fraction of sp³-hybridized carbons (Fsp3) is 0. The van der Waals surface area contributed by atoms with E-state index in [1.165, 1.54) is 0 Å². The van der Waals surface area contributed by atoms with Gasteiger partial charge in [0.25, 0.3) is 0 Å². The minimum absolute atomic E-state index is 0.590. The first kappa shape index (κ1) is 12.2. The number of rotatable bonds is 3. The number of pyridine rings is 3. The molecule has 0 atom stereocenters. The largest absolute Gasteiger partial charge is 0.298 e. The summed E-state index contributed by atoms with van der Waals surface area (Å²) >= 11 is 0. The molecule has 0 saturated heterocycles. The van der Waals surface area contributed by atoms with E-state index >= 15 is 0 Å². The van der Waals surface area contributed by atoms with E-state index in [4.69, 9.17) is 0 Å². The van der Waals surface area contributed by atoms with Gasteiger partial charge < -0.3 is 0 Å². The molecule has 0 fully saturated rings. The summed E-state index contributed by atoms with van der Waals surface area (Å²) < 4.78 is 0. The van der Waals surface area contributed by atoms with Crippen LogP contribution in [0.2, 0.25) is 0 Å². The molecule has 3 aromatic heterocycles. The maximum atomic E-state index is 11.3. The summed E-state index contributed by atoms with van der Waals surface area (Å²) in [4.78, 5) is 23.8. The minimum atomic E-state index is 0.590. The summed E-state index contributed by atoms with van der Waals surface area (Å²) in [5.41, 5.74) is 3.86. The van der Waals surface area contributed by atoms with Gasteiger partial charge in [0.1, 0.15) is 0 Å². The highest BCUT2D eigenvalue weighted by Crippen LogP contribution is 2.25. The van der Waals surface area contributed by atoms with Gasteiger partial charge >= 0.3 is 0 Å². The van der Waals surface area contributed by atoms with Crippen molar-refractivity contribution < 1.29 is 4.79 Å². The zero-order chi connectivity index (χ0) is 13.8. The Hall–Kier alpha value is -2.88. The molecule has 3 heterocycles. The summed E-state index contributed by atoms with van der Waals surface area (Å²) in [6.45, 7) is 0. The van der Waals surface area contributed by atoms with Crippen molar-refractivity contribution in [3.63, 3.8) is 0 Å². The molecule has 3 rings (SSSR count). The fourth-order valence-electron chi connectivity index (χ4n) is 2.00. The molecule has 0 aliphatic rings. The molecule has 0 spiro atoms. The van der Waals surface area contributed by atoms with Crippen molar-refractivity contribution in [1.82, 2.24) is 15.0 Å². The van der Waals surface area contributed by atoms with Gasteiger partial charge in [-0.3, -0.25) is 19.7 Å². The van der Waals surface area contributed by atoms with Crippen molar-refractivity contribution in [2.45, 2.75) is 0 Å². The van der Waals surface area contributed by atoms with Crippen molar-refractivity contribution in [2.24, 2.45) is 0 Å².